The number of H-pyrrole nitrogens is 1. The first-order chi connectivity index (χ1) is 6.86. The van der Waals surface area contributed by atoms with Gasteiger partial charge in [0.1, 0.15) is 0 Å². The van der Waals surface area contributed by atoms with Crippen molar-refractivity contribution in [2.24, 2.45) is 0 Å². The molecule has 70 valence electrons. The molecule has 2 rings (SSSR count). The lowest BCUT2D eigenvalue weighted by molar-refractivity contribution is 0.102. The van der Waals surface area contributed by atoms with Crippen molar-refractivity contribution in [1.29, 1.82) is 0 Å². The summed E-state index contributed by atoms with van der Waals surface area (Å²) in [6.45, 7) is 0. The molecule has 1 amide bonds. The maximum absolute atomic E-state index is 11.5. The van der Waals surface area contributed by atoms with Crippen LogP contribution in [0.3, 0.4) is 0 Å². The Morgan fingerprint density at radius 1 is 1.36 bits per heavy atom. The average molecular weight is 188 g/mol. The largest absolute Gasteiger partial charge is 0.322 e. The van der Waals surface area contributed by atoms with Gasteiger partial charge in [-0.05, 0) is 12.1 Å². The smallest absolute Gasteiger partial charge is 0.258 e. The van der Waals surface area contributed by atoms with E-state index < -0.39 is 0 Å². The summed E-state index contributed by atoms with van der Waals surface area (Å²) in [5, 5.41) is 8.97. The van der Waals surface area contributed by atoms with E-state index in [1.54, 1.807) is 24.5 Å². The number of carbonyl (C=O) groups is 1. The van der Waals surface area contributed by atoms with Gasteiger partial charge in [-0.3, -0.25) is 14.9 Å². The normalized spacial score (nSPS) is 9.71. The van der Waals surface area contributed by atoms with Crippen LogP contribution in [0.15, 0.2) is 36.9 Å². The Kier molecular flexibility index (Phi) is 2.22. The first-order valence-electron chi connectivity index (χ1n) is 4.06. The zero-order chi connectivity index (χ0) is 9.80. The van der Waals surface area contributed by atoms with Crippen LogP contribution in [-0.2, 0) is 0 Å². The zero-order valence-corrected chi connectivity index (χ0v) is 7.27. The number of nitrogens with one attached hydrogen (secondary N) is 2. The molecule has 2 N–H and O–H groups in total. The Morgan fingerprint density at radius 2 is 2.14 bits per heavy atom. The highest BCUT2D eigenvalue weighted by atomic mass is 16.1. The highest BCUT2D eigenvalue weighted by molar-refractivity contribution is 6.03. The van der Waals surface area contributed by atoms with Crippen molar-refractivity contribution in [3.63, 3.8) is 0 Å². The van der Waals surface area contributed by atoms with Crippen molar-refractivity contribution >= 4 is 11.6 Å². The number of carbonyl (C=O) groups excluding carboxylic acids is 1. The van der Waals surface area contributed by atoms with E-state index in [0.29, 0.717) is 11.3 Å². The first-order valence-corrected chi connectivity index (χ1v) is 4.06. The van der Waals surface area contributed by atoms with Gasteiger partial charge in [0.2, 0.25) is 0 Å². The Balaban J connectivity index is 2.10. The molecule has 0 saturated heterocycles. The van der Waals surface area contributed by atoms with Gasteiger partial charge in [-0.15, -0.1) is 0 Å². The van der Waals surface area contributed by atoms with Gasteiger partial charge in [-0.2, -0.15) is 5.10 Å². The number of rotatable bonds is 2. The fourth-order valence-corrected chi connectivity index (χ4v) is 1.01. The summed E-state index contributed by atoms with van der Waals surface area (Å²) in [4.78, 5) is 15.3. The van der Waals surface area contributed by atoms with E-state index in [1.807, 2.05) is 0 Å². The Morgan fingerprint density at radius 3 is 2.79 bits per heavy atom. The van der Waals surface area contributed by atoms with Crippen LogP contribution in [0.5, 0.6) is 0 Å². The topological polar surface area (TPSA) is 70.7 Å². The third-order valence-electron chi connectivity index (χ3n) is 1.70. The number of aromatic amines is 1. The van der Waals surface area contributed by atoms with Crippen molar-refractivity contribution < 1.29 is 4.79 Å². The second-order valence-corrected chi connectivity index (χ2v) is 2.68. The SMILES string of the molecule is O=C(Nc1ccncc1)c1cn[nH]c1. The molecule has 2 heterocycles. The van der Waals surface area contributed by atoms with Crippen LogP contribution in [0.1, 0.15) is 10.4 Å². The summed E-state index contributed by atoms with van der Waals surface area (Å²) in [7, 11) is 0. The summed E-state index contributed by atoms with van der Waals surface area (Å²) in [6, 6.07) is 3.44. The number of amides is 1. The minimum absolute atomic E-state index is 0.190. The van der Waals surface area contributed by atoms with Crippen LogP contribution in [-0.4, -0.2) is 21.1 Å². The Hall–Kier alpha value is -2.17. The van der Waals surface area contributed by atoms with Crippen LogP contribution < -0.4 is 5.32 Å². The Bertz CT molecular complexity index is 410. The minimum atomic E-state index is -0.190. The van der Waals surface area contributed by atoms with Crippen LogP contribution >= 0.6 is 0 Å². The lowest BCUT2D eigenvalue weighted by Crippen LogP contribution is -2.10. The molecule has 0 aliphatic carbocycles. The predicted molar refractivity (Wildman–Crippen MR) is 50.8 cm³/mol. The molecule has 0 saturated carbocycles. The number of hydrogen-bond acceptors (Lipinski definition) is 3. The summed E-state index contributed by atoms with van der Waals surface area (Å²) in [5.41, 5.74) is 1.22. The third-order valence-corrected chi connectivity index (χ3v) is 1.70. The summed E-state index contributed by atoms with van der Waals surface area (Å²) in [5.74, 6) is -0.190. The number of hydrogen-bond donors (Lipinski definition) is 2. The maximum Gasteiger partial charge on any atom is 0.258 e. The summed E-state index contributed by atoms with van der Waals surface area (Å²) >= 11 is 0. The Labute approximate surface area is 80.2 Å². The molecule has 14 heavy (non-hydrogen) atoms. The molecule has 0 unspecified atom stereocenters. The monoisotopic (exact) mass is 188 g/mol. The van der Waals surface area contributed by atoms with Gasteiger partial charge in [-0.1, -0.05) is 0 Å². The molecule has 0 fully saturated rings. The van der Waals surface area contributed by atoms with Crippen molar-refractivity contribution in [1.82, 2.24) is 15.2 Å². The molecule has 5 heteroatoms. The highest BCUT2D eigenvalue weighted by Crippen LogP contribution is 2.05. The van der Waals surface area contributed by atoms with Gasteiger partial charge in [0.05, 0.1) is 11.8 Å². The fourth-order valence-electron chi connectivity index (χ4n) is 1.01. The van der Waals surface area contributed by atoms with E-state index in [4.69, 9.17) is 0 Å². The number of nitrogens with zero attached hydrogens (tertiary/aromatic N) is 2. The molecule has 0 bridgehead atoms. The highest BCUT2D eigenvalue weighted by Gasteiger charge is 2.05. The number of aromatic nitrogens is 3. The third kappa shape index (κ3) is 1.77. The predicted octanol–water partition coefficient (Wildman–Crippen LogP) is 1.06. The molecule has 0 aliphatic rings. The zero-order valence-electron chi connectivity index (χ0n) is 7.27. The molecule has 0 atom stereocenters. The lowest BCUT2D eigenvalue weighted by Gasteiger charge is -2.01. The van der Waals surface area contributed by atoms with Crippen LogP contribution in [0.4, 0.5) is 5.69 Å². The molecule has 0 radical (unpaired) electrons. The maximum atomic E-state index is 11.5. The van der Waals surface area contributed by atoms with Gasteiger partial charge in [0.25, 0.3) is 5.91 Å². The van der Waals surface area contributed by atoms with Crippen molar-refractivity contribution in [3.8, 4) is 0 Å². The standard InChI is InChI=1S/C9H8N4O/c14-9(7-5-11-12-6-7)13-8-1-3-10-4-2-8/h1-6H,(H,11,12)(H,10,13,14). The van der Waals surface area contributed by atoms with E-state index in [2.05, 4.69) is 20.5 Å². The summed E-state index contributed by atoms with van der Waals surface area (Å²) < 4.78 is 0. The van der Waals surface area contributed by atoms with Crippen LogP contribution in [0.25, 0.3) is 0 Å². The van der Waals surface area contributed by atoms with Gasteiger partial charge >= 0.3 is 0 Å². The first kappa shape index (κ1) is 8.43. The van der Waals surface area contributed by atoms with E-state index in [-0.39, 0.29) is 5.91 Å². The molecule has 0 aromatic carbocycles. The summed E-state index contributed by atoms with van der Waals surface area (Å²) in [6.07, 6.45) is 6.24. The fraction of sp³-hybridized carbons (Fsp3) is 0. The molecule has 5 nitrogen and oxygen atoms in total. The molecule has 0 spiro atoms. The number of anilines is 1. The van der Waals surface area contributed by atoms with Crippen LogP contribution in [0.2, 0.25) is 0 Å². The van der Waals surface area contributed by atoms with Crippen molar-refractivity contribution in [2.75, 3.05) is 5.32 Å². The van der Waals surface area contributed by atoms with Gasteiger partial charge in [-0.25, -0.2) is 0 Å². The molecular formula is C9H8N4O. The van der Waals surface area contributed by atoms with E-state index in [1.165, 1.54) is 12.4 Å². The molecule has 0 aliphatic heterocycles. The van der Waals surface area contributed by atoms with Crippen molar-refractivity contribution in [2.45, 2.75) is 0 Å². The van der Waals surface area contributed by atoms with Gasteiger partial charge in [0.15, 0.2) is 0 Å². The number of pyridine rings is 1. The van der Waals surface area contributed by atoms with Gasteiger partial charge in [0, 0.05) is 24.3 Å². The van der Waals surface area contributed by atoms with Crippen LogP contribution in [0, 0.1) is 0 Å². The van der Waals surface area contributed by atoms with E-state index in [9.17, 15) is 4.79 Å². The second kappa shape index (κ2) is 3.69. The van der Waals surface area contributed by atoms with Crippen molar-refractivity contribution in [3.05, 3.63) is 42.5 Å². The molecule has 2 aromatic heterocycles. The van der Waals surface area contributed by atoms with E-state index in [0.717, 1.165) is 0 Å². The second-order valence-electron chi connectivity index (χ2n) is 2.68. The molecular weight excluding hydrogens is 180 g/mol. The van der Waals surface area contributed by atoms with E-state index >= 15 is 0 Å². The quantitative estimate of drug-likeness (QED) is 0.740. The minimum Gasteiger partial charge on any atom is -0.322 e. The van der Waals surface area contributed by atoms with Gasteiger partial charge < -0.3 is 5.32 Å². The molecule has 2 aromatic rings. The average Bonchev–Trinajstić information content (AvgIpc) is 2.72. The lowest BCUT2D eigenvalue weighted by atomic mass is 10.3.